The van der Waals surface area contributed by atoms with Crippen LogP contribution in [0.4, 0.5) is 18.9 Å². The van der Waals surface area contributed by atoms with Gasteiger partial charge in [0.05, 0.1) is 35.1 Å². The molecule has 2 atom stereocenters. The van der Waals surface area contributed by atoms with E-state index in [0.717, 1.165) is 34.8 Å². The van der Waals surface area contributed by atoms with Crippen LogP contribution >= 0.6 is 0 Å². The lowest BCUT2D eigenvalue weighted by atomic mass is 9.94. The zero-order chi connectivity index (χ0) is 21.3. The Balaban J connectivity index is 1.67. The Morgan fingerprint density at radius 1 is 1.17 bits per heavy atom. The van der Waals surface area contributed by atoms with Gasteiger partial charge in [0.1, 0.15) is 5.82 Å². The van der Waals surface area contributed by atoms with Crippen molar-refractivity contribution in [2.75, 3.05) is 5.32 Å². The largest absolute Gasteiger partial charge is 0.393 e. The first-order valence-corrected chi connectivity index (χ1v) is 9.89. The average Bonchev–Trinajstić information content (AvgIpc) is 2.74. The first kappa shape index (κ1) is 20.3. The number of nitrogens with zero attached hydrogens (tertiary/aromatic N) is 2. The number of fused-ring (bicyclic) bond motifs is 1. The number of halogens is 3. The number of aliphatic hydroxyl groups excluding tert-OH is 1. The van der Waals surface area contributed by atoms with Gasteiger partial charge in [-0.05, 0) is 43.9 Å². The number of rotatable bonds is 5. The highest BCUT2D eigenvalue weighted by molar-refractivity contribution is 5.92. The molecule has 1 aromatic carbocycles. The number of nitrogens with one attached hydrogen (secondary N) is 1. The molecule has 7 heteroatoms. The maximum absolute atomic E-state index is 14.6. The predicted octanol–water partition coefficient (Wildman–Crippen LogP) is 5.81. The lowest BCUT2D eigenvalue weighted by molar-refractivity contribution is 0.146. The number of allylic oxidation sites excluding steroid dienone is 1. The highest BCUT2D eigenvalue weighted by Crippen LogP contribution is 2.32. The van der Waals surface area contributed by atoms with Crippen LogP contribution in [0.3, 0.4) is 0 Å². The van der Waals surface area contributed by atoms with E-state index in [1.54, 1.807) is 25.4 Å². The number of pyridine rings is 2. The van der Waals surface area contributed by atoms with Gasteiger partial charge in [0, 0.05) is 22.8 Å². The summed E-state index contributed by atoms with van der Waals surface area (Å²) in [5, 5.41) is 13.8. The summed E-state index contributed by atoms with van der Waals surface area (Å²) >= 11 is 0. The Bertz CT molecular complexity index is 1100. The second-order valence-electron chi connectivity index (χ2n) is 7.52. The van der Waals surface area contributed by atoms with Gasteiger partial charge in [0.25, 0.3) is 6.43 Å². The van der Waals surface area contributed by atoms with Crippen molar-refractivity contribution in [1.29, 1.82) is 0 Å². The van der Waals surface area contributed by atoms with Gasteiger partial charge < -0.3 is 10.4 Å². The van der Waals surface area contributed by atoms with Crippen LogP contribution in [0.2, 0.25) is 0 Å². The third-order valence-electron chi connectivity index (χ3n) is 5.47. The molecule has 2 aromatic heterocycles. The van der Waals surface area contributed by atoms with E-state index in [4.69, 9.17) is 0 Å². The first-order valence-electron chi connectivity index (χ1n) is 9.89. The zero-order valence-electron chi connectivity index (χ0n) is 16.4. The van der Waals surface area contributed by atoms with Crippen molar-refractivity contribution in [2.45, 2.75) is 44.8 Å². The highest BCUT2D eigenvalue weighted by atomic mass is 19.3. The molecule has 1 aliphatic rings. The lowest BCUT2D eigenvalue weighted by Gasteiger charge is -2.20. The molecule has 0 radical (unpaired) electrons. The van der Waals surface area contributed by atoms with Gasteiger partial charge in [-0.2, -0.15) is 0 Å². The van der Waals surface area contributed by atoms with E-state index < -0.39 is 23.8 Å². The average molecular weight is 413 g/mol. The van der Waals surface area contributed by atoms with Crippen molar-refractivity contribution in [2.24, 2.45) is 0 Å². The fourth-order valence-electron chi connectivity index (χ4n) is 3.79. The Hall–Kier alpha value is -2.93. The minimum absolute atomic E-state index is 0.177. The van der Waals surface area contributed by atoms with E-state index in [-0.39, 0.29) is 11.7 Å². The maximum Gasteiger partial charge on any atom is 0.266 e. The van der Waals surface area contributed by atoms with E-state index in [1.807, 2.05) is 12.1 Å². The van der Waals surface area contributed by atoms with Crippen molar-refractivity contribution in [3.05, 3.63) is 71.4 Å². The molecule has 156 valence electrons. The van der Waals surface area contributed by atoms with E-state index in [9.17, 15) is 18.3 Å². The molecule has 0 spiro atoms. The fraction of sp³-hybridized carbons (Fsp3) is 0.304. The van der Waals surface area contributed by atoms with E-state index >= 15 is 0 Å². The SMILES string of the molecule is C[C@@H](Nc1ccnc2cnc(C3=CCC(O)CC3)cc12)c1cccc(C(F)F)c1F. The molecular weight excluding hydrogens is 391 g/mol. The topological polar surface area (TPSA) is 58.0 Å². The molecule has 2 N–H and O–H groups in total. The molecule has 1 unspecified atom stereocenters. The Labute approximate surface area is 172 Å². The third-order valence-corrected chi connectivity index (χ3v) is 5.47. The smallest absolute Gasteiger partial charge is 0.266 e. The van der Waals surface area contributed by atoms with Gasteiger partial charge in [-0.1, -0.05) is 24.3 Å². The number of hydrogen-bond donors (Lipinski definition) is 2. The molecule has 0 saturated heterocycles. The Kier molecular flexibility index (Phi) is 5.72. The number of aliphatic hydroxyl groups is 1. The van der Waals surface area contributed by atoms with Crippen LogP contribution in [0.5, 0.6) is 0 Å². The second kappa shape index (κ2) is 8.44. The summed E-state index contributed by atoms with van der Waals surface area (Å²) in [5.74, 6) is -0.890. The lowest BCUT2D eigenvalue weighted by Crippen LogP contribution is -2.11. The van der Waals surface area contributed by atoms with Crippen molar-refractivity contribution < 1.29 is 18.3 Å². The van der Waals surface area contributed by atoms with E-state index in [1.165, 1.54) is 12.1 Å². The molecule has 0 saturated carbocycles. The number of anilines is 1. The van der Waals surface area contributed by atoms with Crippen LogP contribution in [0.15, 0.2) is 48.8 Å². The van der Waals surface area contributed by atoms with Gasteiger partial charge in [-0.3, -0.25) is 9.97 Å². The number of hydrogen-bond acceptors (Lipinski definition) is 4. The van der Waals surface area contributed by atoms with Crippen LogP contribution in [0, 0.1) is 5.82 Å². The predicted molar refractivity (Wildman–Crippen MR) is 111 cm³/mol. The third kappa shape index (κ3) is 4.03. The molecule has 3 aromatic rings. The van der Waals surface area contributed by atoms with Gasteiger partial charge in [-0.25, -0.2) is 13.2 Å². The van der Waals surface area contributed by atoms with Crippen LogP contribution in [-0.4, -0.2) is 21.2 Å². The molecular formula is C23H22F3N3O. The number of alkyl halides is 2. The normalized spacial score (nSPS) is 17.8. The summed E-state index contributed by atoms with van der Waals surface area (Å²) in [6, 6.07) is 7.21. The maximum atomic E-state index is 14.6. The molecule has 0 bridgehead atoms. The molecule has 0 aliphatic heterocycles. The minimum atomic E-state index is -2.87. The summed E-state index contributed by atoms with van der Waals surface area (Å²) in [4.78, 5) is 8.84. The number of benzene rings is 1. The quantitative estimate of drug-likeness (QED) is 0.554. The van der Waals surface area contributed by atoms with Crippen LogP contribution in [0.25, 0.3) is 16.5 Å². The first-order chi connectivity index (χ1) is 14.4. The van der Waals surface area contributed by atoms with Gasteiger partial charge in [0.2, 0.25) is 0 Å². The summed E-state index contributed by atoms with van der Waals surface area (Å²) in [5.41, 5.74) is 2.85. The molecule has 1 aliphatic carbocycles. The van der Waals surface area contributed by atoms with Crippen molar-refractivity contribution in [1.82, 2.24) is 9.97 Å². The molecule has 4 nitrogen and oxygen atoms in total. The highest BCUT2D eigenvalue weighted by Gasteiger charge is 2.20. The monoisotopic (exact) mass is 413 g/mol. The van der Waals surface area contributed by atoms with Crippen molar-refractivity contribution in [3.8, 4) is 0 Å². The summed E-state index contributed by atoms with van der Waals surface area (Å²) in [7, 11) is 0. The van der Waals surface area contributed by atoms with Crippen molar-refractivity contribution in [3.63, 3.8) is 0 Å². The molecule has 0 amide bonds. The van der Waals surface area contributed by atoms with Crippen LogP contribution in [-0.2, 0) is 0 Å². The van der Waals surface area contributed by atoms with Crippen LogP contribution in [0.1, 0.15) is 55.5 Å². The van der Waals surface area contributed by atoms with E-state index in [0.29, 0.717) is 18.4 Å². The standard InChI is InChI=1S/C23H22F3N3O/c1-13(16-3-2-4-17(22(16)24)23(25)26)29-19-9-10-27-21-12-28-20(11-18(19)21)14-5-7-15(30)8-6-14/h2-5,9-13,15,23,30H,6-8H2,1H3,(H,27,29)/t13-,15?/m1/s1. The zero-order valence-corrected chi connectivity index (χ0v) is 16.4. The molecule has 4 rings (SSSR count). The minimum Gasteiger partial charge on any atom is -0.393 e. The van der Waals surface area contributed by atoms with E-state index in [2.05, 4.69) is 15.3 Å². The number of aromatic nitrogens is 2. The van der Waals surface area contributed by atoms with Gasteiger partial charge >= 0.3 is 0 Å². The Morgan fingerprint density at radius 3 is 2.70 bits per heavy atom. The molecule has 0 fully saturated rings. The summed E-state index contributed by atoms with van der Waals surface area (Å²) in [6.45, 7) is 1.73. The van der Waals surface area contributed by atoms with Crippen molar-refractivity contribution >= 4 is 22.2 Å². The molecule has 2 heterocycles. The second-order valence-corrected chi connectivity index (χ2v) is 7.52. The van der Waals surface area contributed by atoms with Crippen LogP contribution < -0.4 is 5.32 Å². The fourth-order valence-corrected chi connectivity index (χ4v) is 3.79. The van der Waals surface area contributed by atoms with Gasteiger partial charge in [0.15, 0.2) is 0 Å². The van der Waals surface area contributed by atoms with Gasteiger partial charge in [-0.15, -0.1) is 0 Å². The summed E-state index contributed by atoms with van der Waals surface area (Å²) < 4.78 is 40.7. The Morgan fingerprint density at radius 2 is 1.97 bits per heavy atom. The molecule has 30 heavy (non-hydrogen) atoms. The summed E-state index contributed by atoms with van der Waals surface area (Å²) in [6.07, 6.45) is 4.17.